The third-order valence-corrected chi connectivity index (χ3v) is 4.82. The van der Waals surface area contributed by atoms with Gasteiger partial charge in [0.1, 0.15) is 0 Å². The number of halogens is 2. The van der Waals surface area contributed by atoms with Crippen molar-refractivity contribution in [3.05, 3.63) is 64.8 Å². The zero-order valence-electron chi connectivity index (χ0n) is 15.6. The lowest BCUT2D eigenvalue weighted by atomic mass is 10.0. The average molecular weight is 419 g/mol. The lowest BCUT2D eigenvalue weighted by Gasteiger charge is -2.28. The first-order valence-corrected chi connectivity index (χ1v) is 8.94. The Kier molecular flexibility index (Phi) is 7.63. The number of piperazine rings is 1. The van der Waals surface area contributed by atoms with Gasteiger partial charge in [-0.15, -0.1) is 24.8 Å². The van der Waals surface area contributed by atoms with Crippen molar-refractivity contribution in [3.8, 4) is 0 Å². The van der Waals surface area contributed by atoms with Crippen LogP contribution >= 0.6 is 24.8 Å². The molecule has 0 atom stereocenters. The second-order valence-electron chi connectivity index (χ2n) is 6.60. The fourth-order valence-corrected chi connectivity index (χ4v) is 3.36. The zero-order valence-corrected chi connectivity index (χ0v) is 17.3. The molecular formula is C21H24Cl2N4O. The summed E-state index contributed by atoms with van der Waals surface area (Å²) in [6.45, 7) is 5.27. The maximum Gasteiger partial charge on any atom is 0.254 e. The lowest BCUT2D eigenvalue weighted by Crippen LogP contribution is -2.46. The summed E-state index contributed by atoms with van der Waals surface area (Å²) in [6.07, 6.45) is 4.04. The molecule has 1 fully saturated rings. The van der Waals surface area contributed by atoms with Crippen molar-refractivity contribution in [3.63, 3.8) is 0 Å². The third kappa shape index (κ3) is 4.55. The van der Waals surface area contributed by atoms with E-state index in [0.717, 1.165) is 59.5 Å². The number of aromatic amines is 1. The van der Waals surface area contributed by atoms with E-state index in [-0.39, 0.29) is 30.7 Å². The number of hydrogen-bond acceptors (Lipinski definition) is 3. The SMILES string of the molecule is Cc1cc(C=Cc2n[nH]c3ccccc23)ccc1C(=O)N1CCNCC1.Cl.Cl. The number of carbonyl (C=O) groups is 1. The standard InChI is InChI=1S/C21H22N4O.2ClH/c1-15-14-16(6-8-17(15)21(26)25-12-10-22-11-13-25)7-9-20-18-4-2-3-5-19(18)23-24-20;;/h2-9,14,22H,10-13H2,1H3,(H,23,24);2*1H. The van der Waals surface area contributed by atoms with Crippen LogP contribution < -0.4 is 5.32 Å². The van der Waals surface area contributed by atoms with Crippen LogP contribution in [-0.4, -0.2) is 47.2 Å². The molecule has 0 spiro atoms. The summed E-state index contributed by atoms with van der Waals surface area (Å²) in [6, 6.07) is 14.1. The fourth-order valence-electron chi connectivity index (χ4n) is 3.36. The molecular weight excluding hydrogens is 395 g/mol. The summed E-state index contributed by atoms with van der Waals surface area (Å²) in [5.74, 6) is 0.123. The number of amides is 1. The lowest BCUT2D eigenvalue weighted by molar-refractivity contribution is 0.0735. The minimum atomic E-state index is 0. The molecule has 1 aliphatic rings. The highest BCUT2D eigenvalue weighted by atomic mass is 35.5. The highest BCUT2D eigenvalue weighted by Gasteiger charge is 2.19. The summed E-state index contributed by atoms with van der Waals surface area (Å²) in [4.78, 5) is 14.6. The molecule has 0 aliphatic carbocycles. The van der Waals surface area contributed by atoms with E-state index in [4.69, 9.17) is 0 Å². The number of nitrogens with zero attached hydrogens (tertiary/aromatic N) is 2. The normalized spacial score (nSPS) is 14.0. The van der Waals surface area contributed by atoms with Crippen LogP contribution in [0, 0.1) is 6.92 Å². The van der Waals surface area contributed by atoms with Gasteiger partial charge in [-0.05, 0) is 36.3 Å². The van der Waals surface area contributed by atoms with Crippen LogP contribution in [0.3, 0.4) is 0 Å². The van der Waals surface area contributed by atoms with Gasteiger partial charge in [0.2, 0.25) is 0 Å². The molecule has 1 saturated heterocycles. The predicted octanol–water partition coefficient (Wildman–Crippen LogP) is 3.93. The maximum absolute atomic E-state index is 12.7. The van der Waals surface area contributed by atoms with Gasteiger partial charge in [0.05, 0.1) is 11.2 Å². The fraction of sp³-hybridized carbons (Fsp3) is 0.238. The minimum absolute atomic E-state index is 0. The van der Waals surface area contributed by atoms with Gasteiger partial charge in [-0.1, -0.05) is 36.4 Å². The molecule has 5 nitrogen and oxygen atoms in total. The molecule has 1 aliphatic heterocycles. The largest absolute Gasteiger partial charge is 0.336 e. The molecule has 0 saturated carbocycles. The molecule has 0 bridgehead atoms. The summed E-state index contributed by atoms with van der Waals surface area (Å²) in [5, 5.41) is 11.8. The third-order valence-electron chi connectivity index (χ3n) is 4.82. The van der Waals surface area contributed by atoms with Gasteiger partial charge in [0.25, 0.3) is 5.91 Å². The highest BCUT2D eigenvalue weighted by Crippen LogP contribution is 2.19. The zero-order chi connectivity index (χ0) is 17.9. The van der Waals surface area contributed by atoms with E-state index in [9.17, 15) is 4.79 Å². The first-order valence-electron chi connectivity index (χ1n) is 8.94. The molecule has 4 rings (SSSR count). The van der Waals surface area contributed by atoms with Crippen molar-refractivity contribution in [2.45, 2.75) is 6.92 Å². The van der Waals surface area contributed by atoms with Gasteiger partial charge in [0, 0.05) is 37.1 Å². The van der Waals surface area contributed by atoms with Crippen molar-refractivity contribution >= 4 is 53.8 Å². The van der Waals surface area contributed by atoms with Gasteiger partial charge in [0.15, 0.2) is 0 Å². The van der Waals surface area contributed by atoms with Crippen molar-refractivity contribution in [1.29, 1.82) is 0 Å². The van der Waals surface area contributed by atoms with Gasteiger partial charge >= 0.3 is 0 Å². The topological polar surface area (TPSA) is 61.0 Å². The van der Waals surface area contributed by atoms with Gasteiger partial charge < -0.3 is 10.2 Å². The van der Waals surface area contributed by atoms with E-state index in [1.165, 1.54) is 0 Å². The van der Waals surface area contributed by atoms with Crippen LogP contribution in [0.1, 0.15) is 27.2 Å². The molecule has 28 heavy (non-hydrogen) atoms. The van der Waals surface area contributed by atoms with Crippen molar-refractivity contribution < 1.29 is 4.79 Å². The Morgan fingerprint density at radius 1 is 1.07 bits per heavy atom. The Labute approximate surface area is 177 Å². The van der Waals surface area contributed by atoms with Gasteiger partial charge in [-0.3, -0.25) is 9.89 Å². The number of aryl methyl sites for hydroxylation is 1. The molecule has 2 N–H and O–H groups in total. The Bertz CT molecular complexity index is 977. The first kappa shape index (κ1) is 22.0. The molecule has 3 aromatic rings. The molecule has 1 aromatic heterocycles. The highest BCUT2D eigenvalue weighted by molar-refractivity contribution is 5.96. The van der Waals surface area contributed by atoms with Crippen LogP contribution in [0.5, 0.6) is 0 Å². The van der Waals surface area contributed by atoms with Crippen LogP contribution in [0.15, 0.2) is 42.5 Å². The van der Waals surface area contributed by atoms with E-state index in [2.05, 4.69) is 27.6 Å². The maximum atomic E-state index is 12.7. The number of rotatable bonds is 3. The number of para-hydroxylation sites is 1. The van der Waals surface area contributed by atoms with E-state index in [0.29, 0.717) is 0 Å². The Balaban J connectivity index is 0.00000140. The number of nitrogens with one attached hydrogen (secondary N) is 2. The summed E-state index contributed by atoms with van der Waals surface area (Å²) < 4.78 is 0. The summed E-state index contributed by atoms with van der Waals surface area (Å²) in [5.41, 5.74) is 4.79. The molecule has 0 unspecified atom stereocenters. The van der Waals surface area contributed by atoms with Crippen molar-refractivity contribution in [2.24, 2.45) is 0 Å². The van der Waals surface area contributed by atoms with Gasteiger partial charge in [-0.25, -0.2) is 0 Å². The quantitative estimate of drug-likeness (QED) is 0.676. The average Bonchev–Trinajstić information content (AvgIpc) is 3.10. The van der Waals surface area contributed by atoms with E-state index in [1.54, 1.807) is 0 Å². The summed E-state index contributed by atoms with van der Waals surface area (Å²) >= 11 is 0. The van der Waals surface area contributed by atoms with Crippen LogP contribution in [0.2, 0.25) is 0 Å². The number of hydrogen-bond donors (Lipinski definition) is 2. The number of fused-ring (bicyclic) bond motifs is 1. The van der Waals surface area contributed by atoms with Crippen LogP contribution in [0.4, 0.5) is 0 Å². The van der Waals surface area contributed by atoms with Crippen LogP contribution in [-0.2, 0) is 0 Å². The minimum Gasteiger partial charge on any atom is -0.336 e. The smallest absolute Gasteiger partial charge is 0.254 e. The number of carbonyl (C=O) groups excluding carboxylic acids is 1. The molecule has 7 heteroatoms. The molecule has 1 amide bonds. The van der Waals surface area contributed by atoms with E-state index < -0.39 is 0 Å². The second-order valence-corrected chi connectivity index (χ2v) is 6.60. The van der Waals surface area contributed by atoms with Gasteiger partial charge in [-0.2, -0.15) is 5.10 Å². The summed E-state index contributed by atoms with van der Waals surface area (Å²) in [7, 11) is 0. The Hall–Kier alpha value is -2.34. The van der Waals surface area contributed by atoms with Crippen LogP contribution in [0.25, 0.3) is 23.1 Å². The van der Waals surface area contributed by atoms with E-state index in [1.807, 2.05) is 54.3 Å². The monoisotopic (exact) mass is 418 g/mol. The van der Waals surface area contributed by atoms with Crippen molar-refractivity contribution in [1.82, 2.24) is 20.4 Å². The number of aromatic nitrogens is 2. The second kappa shape index (κ2) is 9.73. The molecule has 2 aromatic carbocycles. The predicted molar refractivity (Wildman–Crippen MR) is 119 cm³/mol. The Morgan fingerprint density at radius 3 is 2.57 bits per heavy atom. The number of H-pyrrole nitrogens is 1. The Morgan fingerprint density at radius 2 is 1.82 bits per heavy atom. The van der Waals surface area contributed by atoms with E-state index >= 15 is 0 Å². The number of benzene rings is 2. The van der Waals surface area contributed by atoms with Crippen molar-refractivity contribution in [2.75, 3.05) is 26.2 Å². The first-order chi connectivity index (χ1) is 12.7. The molecule has 0 radical (unpaired) electrons. The molecule has 2 heterocycles. The molecule has 148 valence electrons.